The summed E-state index contributed by atoms with van der Waals surface area (Å²) < 4.78 is 0. The number of hydrazine groups is 1. The standard InChI is InChI=1S/C19H28N2O2/c1-5-16-12-17(22)8-9-20-21(16)19(23)7-6-18-14(3)10-13(2)11-15(18)4/h10-11,16,20H,5-9,12H2,1-4H3. The maximum atomic E-state index is 12.6. The van der Waals surface area contributed by atoms with Crippen LogP contribution in [0.1, 0.15) is 54.9 Å². The van der Waals surface area contributed by atoms with E-state index in [2.05, 4.69) is 38.3 Å². The van der Waals surface area contributed by atoms with Crippen LogP contribution in [0.2, 0.25) is 0 Å². The number of benzene rings is 1. The van der Waals surface area contributed by atoms with Gasteiger partial charge in [-0.1, -0.05) is 24.6 Å². The van der Waals surface area contributed by atoms with Crippen LogP contribution in [0, 0.1) is 20.8 Å². The monoisotopic (exact) mass is 316 g/mol. The highest BCUT2D eigenvalue weighted by Gasteiger charge is 2.27. The maximum Gasteiger partial charge on any atom is 0.237 e. The summed E-state index contributed by atoms with van der Waals surface area (Å²) in [5.41, 5.74) is 8.18. The molecule has 23 heavy (non-hydrogen) atoms. The lowest BCUT2D eigenvalue weighted by atomic mass is 9.96. The lowest BCUT2D eigenvalue weighted by molar-refractivity contribution is -0.137. The van der Waals surface area contributed by atoms with Gasteiger partial charge in [-0.2, -0.15) is 0 Å². The lowest BCUT2D eigenvalue weighted by Crippen LogP contribution is -2.48. The first-order chi connectivity index (χ1) is 10.9. The van der Waals surface area contributed by atoms with Gasteiger partial charge in [-0.3, -0.25) is 14.6 Å². The van der Waals surface area contributed by atoms with Gasteiger partial charge < -0.3 is 0 Å². The average Bonchev–Trinajstić information content (AvgIpc) is 2.67. The van der Waals surface area contributed by atoms with Crippen molar-refractivity contribution in [2.75, 3.05) is 6.54 Å². The molecule has 0 radical (unpaired) electrons. The molecule has 1 saturated heterocycles. The number of rotatable bonds is 4. The van der Waals surface area contributed by atoms with Gasteiger partial charge in [0.15, 0.2) is 0 Å². The Kier molecular flexibility index (Phi) is 5.94. The van der Waals surface area contributed by atoms with Crippen LogP contribution in [0.25, 0.3) is 0 Å². The van der Waals surface area contributed by atoms with E-state index in [9.17, 15) is 9.59 Å². The molecule has 0 aliphatic carbocycles. The number of carbonyl (C=O) groups is 2. The van der Waals surface area contributed by atoms with E-state index in [0.29, 0.717) is 25.8 Å². The first kappa shape index (κ1) is 17.7. The van der Waals surface area contributed by atoms with Crippen molar-refractivity contribution in [1.82, 2.24) is 10.4 Å². The molecule has 0 aromatic heterocycles. The highest BCUT2D eigenvalue weighted by Crippen LogP contribution is 2.19. The number of nitrogens with one attached hydrogen (secondary N) is 1. The normalized spacial score (nSPS) is 18.9. The van der Waals surface area contributed by atoms with E-state index < -0.39 is 0 Å². The Labute approximate surface area is 139 Å². The minimum atomic E-state index is -0.0160. The third-order valence-corrected chi connectivity index (χ3v) is 4.68. The molecule has 1 fully saturated rings. The fourth-order valence-corrected chi connectivity index (χ4v) is 3.48. The van der Waals surface area contributed by atoms with Gasteiger partial charge in [0.05, 0.1) is 6.04 Å². The van der Waals surface area contributed by atoms with Gasteiger partial charge in [-0.05, 0) is 50.3 Å². The molecule has 4 nitrogen and oxygen atoms in total. The van der Waals surface area contributed by atoms with Crippen LogP contribution in [0.3, 0.4) is 0 Å². The number of amides is 1. The summed E-state index contributed by atoms with van der Waals surface area (Å²) in [5.74, 6) is 0.329. The third-order valence-electron chi connectivity index (χ3n) is 4.68. The average molecular weight is 316 g/mol. The minimum absolute atomic E-state index is 0.0160. The summed E-state index contributed by atoms with van der Waals surface area (Å²) in [5, 5.41) is 1.71. The number of aryl methyl sites for hydroxylation is 3. The van der Waals surface area contributed by atoms with Crippen molar-refractivity contribution in [2.45, 2.75) is 65.8 Å². The Morgan fingerprint density at radius 1 is 1.26 bits per heavy atom. The number of carbonyl (C=O) groups excluding carboxylic acids is 2. The summed E-state index contributed by atoms with van der Waals surface area (Å²) in [6.45, 7) is 8.90. The smallest absolute Gasteiger partial charge is 0.237 e. The van der Waals surface area contributed by atoms with Crippen molar-refractivity contribution < 1.29 is 9.59 Å². The van der Waals surface area contributed by atoms with Crippen LogP contribution >= 0.6 is 0 Å². The van der Waals surface area contributed by atoms with Crippen molar-refractivity contribution in [3.63, 3.8) is 0 Å². The van der Waals surface area contributed by atoms with E-state index in [0.717, 1.165) is 12.8 Å². The molecule has 1 aromatic rings. The molecule has 1 heterocycles. The van der Waals surface area contributed by atoms with Gasteiger partial charge in [0.2, 0.25) is 5.91 Å². The lowest BCUT2D eigenvalue weighted by Gasteiger charge is -2.29. The molecule has 1 aromatic carbocycles. The van der Waals surface area contributed by atoms with Crippen LogP contribution in [0.5, 0.6) is 0 Å². The van der Waals surface area contributed by atoms with Crippen molar-refractivity contribution in [1.29, 1.82) is 0 Å². The highest BCUT2D eigenvalue weighted by molar-refractivity contribution is 5.82. The Balaban J connectivity index is 2.05. The van der Waals surface area contributed by atoms with Gasteiger partial charge in [-0.15, -0.1) is 0 Å². The summed E-state index contributed by atoms with van der Waals surface area (Å²) in [7, 11) is 0. The molecular formula is C19H28N2O2. The predicted molar refractivity (Wildman–Crippen MR) is 92.1 cm³/mol. The molecule has 0 spiro atoms. The first-order valence-electron chi connectivity index (χ1n) is 8.56. The molecule has 1 N–H and O–H groups in total. The number of nitrogens with zero attached hydrogens (tertiary/aromatic N) is 1. The minimum Gasteiger partial charge on any atom is -0.300 e. The second-order valence-electron chi connectivity index (χ2n) is 6.60. The Morgan fingerprint density at radius 3 is 2.52 bits per heavy atom. The van der Waals surface area contributed by atoms with Gasteiger partial charge in [0.25, 0.3) is 0 Å². The summed E-state index contributed by atoms with van der Waals surface area (Å²) in [6.07, 6.45) is 3.00. The van der Waals surface area contributed by atoms with Gasteiger partial charge in [0, 0.05) is 25.8 Å². The van der Waals surface area contributed by atoms with E-state index in [-0.39, 0.29) is 17.7 Å². The van der Waals surface area contributed by atoms with E-state index in [4.69, 9.17) is 0 Å². The number of ketones is 1. The van der Waals surface area contributed by atoms with Gasteiger partial charge in [0.1, 0.15) is 5.78 Å². The second kappa shape index (κ2) is 7.73. The highest BCUT2D eigenvalue weighted by atomic mass is 16.2. The zero-order chi connectivity index (χ0) is 17.0. The topological polar surface area (TPSA) is 49.4 Å². The van der Waals surface area contributed by atoms with Crippen LogP contribution in [-0.4, -0.2) is 29.3 Å². The first-order valence-corrected chi connectivity index (χ1v) is 8.56. The van der Waals surface area contributed by atoms with Crippen LogP contribution < -0.4 is 5.43 Å². The number of hydrogen-bond donors (Lipinski definition) is 1. The summed E-state index contributed by atoms with van der Waals surface area (Å²) in [6, 6.07) is 4.33. The molecule has 0 bridgehead atoms. The van der Waals surface area contributed by atoms with Crippen LogP contribution in [0.15, 0.2) is 12.1 Å². The largest absolute Gasteiger partial charge is 0.300 e. The number of hydrogen-bond acceptors (Lipinski definition) is 3. The Hall–Kier alpha value is -1.68. The van der Waals surface area contributed by atoms with Gasteiger partial charge >= 0.3 is 0 Å². The van der Waals surface area contributed by atoms with Crippen molar-refractivity contribution in [2.24, 2.45) is 0 Å². The van der Waals surface area contributed by atoms with E-state index in [1.165, 1.54) is 22.3 Å². The fourth-order valence-electron chi connectivity index (χ4n) is 3.48. The molecule has 2 rings (SSSR count). The van der Waals surface area contributed by atoms with Crippen LogP contribution in [-0.2, 0) is 16.0 Å². The van der Waals surface area contributed by atoms with Crippen LogP contribution in [0.4, 0.5) is 0 Å². The molecular weight excluding hydrogens is 288 g/mol. The molecule has 4 heteroatoms. The molecule has 1 atom stereocenters. The molecule has 1 amide bonds. The molecule has 1 aliphatic heterocycles. The quantitative estimate of drug-likeness (QED) is 0.929. The predicted octanol–water partition coefficient (Wildman–Crippen LogP) is 3.02. The zero-order valence-corrected chi connectivity index (χ0v) is 14.7. The Bertz CT molecular complexity index is 572. The Morgan fingerprint density at radius 2 is 1.91 bits per heavy atom. The molecule has 1 unspecified atom stereocenters. The van der Waals surface area contributed by atoms with E-state index in [1.54, 1.807) is 5.01 Å². The summed E-state index contributed by atoms with van der Waals surface area (Å²) >= 11 is 0. The zero-order valence-electron chi connectivity index (χ0n) is 14.7. The maximum absolute atomic E-state index is 12.6. The number of Topliss-reactive ketones (excluding diaryl/α,β-unsaturated/α-hetero) is 1. The van der Waals surface area contributed by atoms with E-state index in [1.807, 2.05) is 6.92 Å². The van der Waals surface area contributed by atoms with Gasteiger partial charge in [-0.25, -0.2) is 5.43 Å². The van der Waals surface area contributed by atoms with E-state index >= 15 is 0 Å². The van der Waals surface area contributed by atoms with Crippen molar-refractivity contribution >= 4 is 11.7 Å². The summed E-state index contributed by atoms with van der Waals surface area (Å²) in [4.78, 5) is 24.4. The van der Waals surface area contributed by atoms with Crippen molar-refractivity contribution in [3.05, 3.63) is 34.4 Å². The molecule has 0 saturated carbocycles. The van der Waals surface area contributed by atoms with Crippen molar-refractivity contribution in [3.8, 4) is 0 Å². The second-order valence-corrected chi connectivity index (χ2v) is 6.60. The fraction of sp³-hybridized carbons (Fsp3) is 0.579. The SMILES string of the molecule is CCC1CC(=O)CCNN1C(=O)CCc1c(C)cc(C)cc1C. The molecule has 126 valence electrons. The third kappa shape index (κ3) is 4.41. The molecule has 1 aliphatic rings.